The van der Waals surface area contributed by atoms with Gasteiger partial charge in [0, 0.05) is 11.7 Å². The molecule has 1 aromatic heterocycles. The molecular formula is C5H5N2O. The second-order valence-corrected chi connectivity index (χ2v) is 1.31. The lowest BCUT2D eigenvalue weighted by Crippen LogP contribution is -1.78. The molecule has 0 unspecified atom stereocenters. The van der Waals surface area contributed by atoms with Crippen LogP contribution < -0.4 is 0 Å². The maximum Gasteiger partial charge on any atom is 0.230 e. The van der Waals surface area contributed by atoms with E-state index in [9.17, 15) is 0 Å². The van der Waals surface area contributed by atoms with Crippen LogP contribution in [-0.2, 0) is 6.42 Å². The first-order valence-electron chi connectivity index (χ1n) is 2.23. The Morgan fingerprint density at radius 3 is 3.25 bits per heavy atom. The molecule has 0 bridgehead atoms. The normalized spacial score (nSPS) is 9.00. The van der Waals surface area contributed by atoms with E-state index in [0.29, 0.717) is 12.1 Å². The molecule has 3 nitrogen and oxygen atoms in total. The first-order valence-corrected chi connectivity index (χ1v) is 2.23. The van der Waals surface area contributed by atoms with Gasteiger partial charge in [-0.3, -0.25) is 0 Å². The van der Waals surface area contributed by atoms with E-state index in [0.717, 1.165) is 0 Å². The standard InChI is InChI=1S/C5H5N2O/c1-2-3-5-4-8-7-6-5/h2H,1,3H2. The second kappa shape index (κ2) is 2.26. The maximum atomic E-state index is 4.33. The van der Waals surface area contributed by atoms with Crippen molar-refractivity contribution in [2.45, 2.75) is 6.42 Å². The summed E-state index contributed by atoms with van der Waals surface area (Å²) >= 11 is 0. The van der Waals surface area contributed by atoms with Crippen molar-refractivity contribution in [3.05, 3.63) is 24.6 Å². The Morgan fingerprint density at radius 2 is 2.75 bits per heavy atom. The van der Waals surface area contributed by atoms with E-state index in [4.69, 9.17) is 0 Å². The minimum absolute atomic E-state index is 0.670. The summed E-state index contributed by atoms with van der Waals surface area (Å²) in [4.78, 5) is 0. The number of hydrogen-bond donors (Lipinski definition) is 0. The van der Waals surface area contributed by atoms with Crippen molar-refractivity contribution in [1.82, 2.24) is 10.4 Å². The highest BCUT2D eigenvalue weighted by Crippen LogP contribution is 1.90. The molecule has 41 valence electrons. The van der Waals surface area contributed by atoms with Crippen LogP contribution >= 0.6 is 0 Å². The molecule has 1 aromatic rings. The van der Waals surface area contributed by atoms with Gasteiger partial charge in [0.1, 0.15) is 5.69 Å². The Hall–Kier alpha value is -1.12. The molecule has 0 spiro atoms. The van der Waals surface area contributed by atoms with E-state index >= 15 is 0 Å². The lowest BCUT2D eigenvalue weighted by atomic mass is 10.3. The molecule has 0 amide bonds. The predicted molar refractivity (Wildman–Crippen MR) is 27.0 cm³/mol. The van der Waals surface area contributed by atoms with Gasteiger partial charge in [-0.15, -0.1) is 11.7 Å². The topological polar surface area (TPSA) is 38.9 Å². The fourth-order valence-electron chi connectivity index (χ4n) is 0.382. The average molecular weight is 109 g/mol. The van der Waals surface area contributed by atoms with Crippen molar-refractivity contribution in [2.75, 3.05) is 0 Å². The molecule has 8 heavy (non-hydrogen) atoms. The monoisotopic (exact) mass is 109 g/mol. The smallest absolute Gasteiger partial charge is 0.230 e. The Kier molecular flexibility index (Phi) is 1.42. The lowest BCUT2D eigenvalue weighted by Gasteiger charge is -1.74. The molecule has 0 aliphatic carbocycles. The number of hydrogen-bond acceptors (Lipinski definition) is 3. The van der Waals surface area contributed by atoms with Crippen molar-refractivity contribution in [3.63, 3.8) is 0 Å². The van der Waals surface area contributed by atoms with Crippen LogP contribution in [0.2, 0.25) is 0 Å². The van der Waals surface area contributed by atoms with E-state index in [1.165, 1.54) is 0 Å². The highest BCUT2D eigenvalue weighted by molar-refractivity contribution is 4.92. The van der Waals surface area contributed by atoms with Gasteiger partial charge in [-0.2, -0.15) is 0 Å². The number of nitrogens with zero attached hydrogens (tertiary/aromatic N) is 2. The van der Waals surface area contributed by atoms with Crippen molar-refractivity contribution in [1.29, 1.82) is 0 Å². The maximum absolute atomic E-state index is 4.33. The molecule has 1 rings (SSSR count). The minimum Gasteiger partial charge on any atom is -0.333 e. The van der Waals surface area contributed by atoms with Crippen LogP contribution in [-0.4, -0.2) is 10.4 Å². The number of rotatable bonds is 2. The molecule has 0 saturated heterocycles. The highest BCUT2D eigenvalue weighted by Gasteiger charge is 1.91. The van der Waals surface area contributed by atoms with Gasteiger partial charge in [-0.1, -0.05) is 6.08 Å². The third kappa shape index (κ3) is 0.932. The van der Waals surface area contributed by atoms with Gasteiger partial charge in [-0.05, 0) is 0 Å². The molecule has 0 aliphatic heterocycles. The zero-order valence-corrected chi connectivity index (χ0v) is 4.29. The largest absolute Gasteiger partial charge is 0.333 e. The molecule has 3 heteroatoms. The SMILES string of the molecule is C=CCc1[c]onn1. The Bertz CT molecular complexity index is 157. The zero-order chi connectivity index (χ0) is 5.82. The molecule has 0 N–H and O–H groups in total. The first kappa shape index (κ1) is 5.03. The van der Waals surface area contributed by atoms with E-state index in [1.54, 1.807) is 6.08 Å². The third-order valence-electron chi connectivity index (χ3n) is 0.704. The summed E-state index contributed by atoms with van der Waals surface area (Å²) < 4.78 is 4.33. The Labute approximate surface area is 47.0 Å². The van der Waals surface area contributed by atoms with Gasteiger partial charge in [0.05, 0.1) is 0 Å². The van der Waals surface area contributed by atoms with Crippen LogP contribution in [0.3, 0.4) is 0 Å². The van der Waals surface area contributed by atoms with Crippen LogP contribution in [0.1, 0.15) is 5.69 Å². The molecule has 1 heterocycles. The lowest BCUT2D eigenvalue weighted by molar-refractivity contribution is 0.387. The zero-order valence-electron chi connectivity index (χ0n) is 4.29. The predicted octanol–water partition coefficient (Wildman–Crippen LogP) is 0.598. The van der Waals surface area contributed by atoms with Gasteiger partial charge in [0.15, 0.2) is 0 Å². The summed E-state index contributed by atoms with van der Waals surface area (Å²) in [5.41, 5.74) is 0.694. The molecule has 0 aliphatic rings. The second-order valence-electron chi connectivity index (χ2n) is 1.31. The minimum atomic E-state index is 0.670. The number of allylic oxidation sites excluding steroid dienone is 1. The fraction of sp³-hybridized carbons (Fsp3) is 0.200. The first-order chi connectivity index (χ1) is 3.93. The fourth-order valence-corrected chi connectivity index (χ4v) is 0.382. The summed E-state index contributed by atoms with van der Waals surface area (Å²) in [5, 5.41) is 6.77. The van der Waals surface area contributed by atoms with Crippen molar-refractivity contribution < 1.29 is 4.52 Å². The van der Waals surface area contributed by atoms with Crippen LogP contribution in [0.15, 0.2) is 17.2 Å². The summed E-state index contributed by atoms with van der Waals surface area (Å²) in [6.07, 6.45) is 4.86. The van der Waals surface area contributed by atoms with Gasteiger partial charge >= 0.3 is 0 Å². The van der Waals surface area contributed by atoms with Gasteiger partial charge < -0.3 is 4.52 Å². The van der Waals surface area contributed by atoms with Crippen molar-refractivity contribution >= 4 is 0 Å². The van der Waals surface area contributed by atoms with Crippen LogP contribution in [0, 0.1) is 6.26 Å². The third-order valence-corrected chi connectivity index (χ3v) is 0.704. The molecule has 0 saturated carbocycles. The average Bonchev–Trinajstić information content (AvgIpc) is 2.19. The van der Waals surface area contributed by atoms with Crippen LogP contribution in [0.4, 0.5) is 0 Å². The van der Waals surface area contributed by atoms with E-state index in [2.05, 4.69) is 27.7 Å². The van der Waals surface area contributed by atoms with E-state index < -0.39 is 0 Å². The van der Waals surface area contributed by atoms with Gasteiger partial charge in [0.25, 0.3) is 0 Å². The van der Waals surface area contributed by atoms with Crippen LogP contribution in [0.5, 0.6) is 0 Å². The summed E-state index contributed by atoms with van der Waals surface area (Å²) in [7, 11) is 0. The molecule has 0 atom stereocenters. The number of aromatic nitrogens is 2. The van der Waals surface area contributed by atoms with Gasteiger partial charge in [0.2, 0.25) is 6.26 Å². The summed E-state index contributed by atoms with van der Waals surface area (Å²) in [5.74, 6) is 0. The van der Waals surface area contributed by atoms with Crippen molar-refractivity contribution in [2.24, 2.45) is 0 Å². The van der Waals surface area contributed by atoms with Gasteiger partial charge in [-0.25, -0.2) is 0 Å². The highest BCUT2D eigenvalue weighted by atomic mass is 16.5. The molecular weight excluding hydrogens is 104 g/mol. The van der Waals surface area contributed by atoms with Crippen LogP contribution in [0.25, 0.3) is 0 Å². The van der Waals surface area contributed by atoms with Crippen molar-refractivity contribution in [3.8, 4) is 0 Å². The summed E-state index contributed by atoms with van der Waals surface area (Å²) in [6.45, 7) is 3.51. The quantitative estimate of drug-likeness (QED) is 0.522. The molecule has 0 aromatic carbocycles. The molecule has 0 fully saturated rings. The van der Waals surface area contributed by atoms with E-state index in [-0.39, 0.29) is 0 Å². The Balaban J connectivity index is 2.62. The Morgan fingerprint density at radius 1 is 1.88 bits per heavy atom. The molecule has 1 radical (unpaired) electrons. The van der Waals surface area contributed by atoms with E-state index in [1.807, 2.05) is 0 Å². The summed E-state index contributed by atoms with van der Waals surface area (Å²) in [6, 6.07) is 0.